The van der Waals surface area contributed by atoms with E-state index < -0.39 is 17.6 Å². The minimum absolute atomic E-state index is 0.0322. The van der Waals surface area contributed by atoms with Crippen molar-refractivity contribution in [3.05, 3.63) is 36.3 Å². The van der Waals surface area contributed by atoms with Crippen molar-refractivity contribution in [1.82, 2.24) is 9.97 Å². The molecule has 0 unspecified atom stereocenters. The zero-order valence-electron chi connectivity index (χ0n) is 14.8. The predicted octanol–water partition coefficient (Wildman–Crippen LogP) is 1.92. The number of hydrogen-bond acceptors (Lipinski definition) is 8. The fourth-order valence-electron chi connectivity index (χ4n) is 1.96. The lowest BCUT2D eigenvalue weighted by atomic mass is 10.3. The molecule has 0 aliphatic rings. The number of benzene rings is 1. The molecule has 1 aromatic carbocycles. The van der Waals surface area contributed by atoms with Crippen LogP contribution in [0.5, 0.6) is 5.75 Å². The Bertz CT molecular complexity index is 866. The van der Waals surface area contributed by atoms with E-state index >= 15 is 0 Å². The Morgan fingerprint density at radius 3 is 2.63 bits per heavy atom. The molecule has 2 rings (SSSR count). The summed E-state index contributed by atoms with van der Waals surface area (Å²) in [6.07, 6.45) is 1.26. The van der Waals surface area contributed by atoms with Gasteiger partial charge in [0.15, 0.2) is 11.5 Å². The standard InChI is InChI=1S/C17H18N6O4/c1-3-26-12-7-5-11(6-8-12)21-16(24)13(9-18)22-23-15-14(19-10-20-15)17(25)27-4-2/h5-8,10,23H,3-4H2,1-2H3,(H,19,20)(H,21,24)/b22-13+. The van der Waals surface area contributed by atoms with Gasteiger partial charge in [0.05, 0.1) is 19.5 Å². The Morgan fingerprint density at radius 1 is 1.26 bits per heavy atom. The van der Waals surface area contributed by atoms with E-state index in [1.165, 1.54) is 6.33 Å². The number of carbonyl (C=O) groups excluding carboxylic acids is 2. The number of carbonyl (C=O) groups is 2. The number of esters is 1. The van der Waals surface area contributed by atoms with Crippen LogP contribution in [0.1, 0.15) is 24.3 Å². The quantitative estimate of drug-likeness (QED) is 0.366. The monoisotopic (exact) mass is 370 g/mol. The molecule has 0 atom stereocenters. The largest absolute Gasteiger partial charge is 0.494 e. The van der Waals surface area contributed by atoms with Gasteiger partial charge < -0.3 is 19.8 Å². The van der Waals surface area contributed by atoms with E-state index in [2.05, 4.69) is 25.8 Å². The summed E-state index contributed by atoms with van der Waals surface area (Å²) in [4.78, 5) is 30.4. The van der Waals surface area contributed by atoms with Crippen LogP contribution in [0.15, 0.2) is 35.7 Å². The SMILES string of the molecule is CCOC(=O)c1[nH]cnc1N/N=C(\C#N)C(=O)Nc1ccc(OCC)cc1. The molecule has 27 heavy (non-hydrogen) atoms. The second-order valence-electron chi connectivity index (χ2n) is 4.94. The molecule has 0 saturated carbocycles. The molecular formula is C17H18N6O4. The van der Waals surface area contributed by atoms with E-state index in [-0.39, 0.29) is 18.1 Å². The Balaban J connectivity index is 2.05. The smallest absolute Gasteiger partial charge is 0.358 e. The first-order chi connectivity index (χ1) is 13.1. The highest BCUT2D eigenvalue weighted by Crippen LogP contribution is 2.16. The van der Waals surface area contributed by atoms with E-state index in [1.807, 2.05) is 6.92 Å². The maximum atomic E-state index is 12.2. The molecule has 3 N–H and O–H groups in total. The molecule has 10 nitrogen and oxygen atoms in total. The summed E-state index contributed by atoms with van der Waals surface area (Å²) in [6, 6.07) is 8.34. The number of ether oxygens (including phenoxy) is 2. The number of amides is 1. The number of H-pyrrole nitrogens is 1. The van der Waals surface area contributed by atoms with Crippen molar-refractivity contribution in [1.29, 1.82) is 5.26 Å². The van der Waals surface area contributed by atoms with Crippen molar-refractivity contribution in [2.75, 3.05) is 24.0 Å². The van der Waals surface area contributed by atoms with Crippen LogP contribution in [0.3, 0.4) is 0 Å². The molecular weight excluding hydrogens is 352 g/mol. The van der Waals surface area contributed by atoms with Crippen molar-refractivity contribution in [3.8, 4) is 11.8 Å². The summed E-state index contributed by atoms with van der Waals surface area (Å²) in [7, 11) is 0. The molecule has 1 amide bonds. The van der Waals surface area contributed by atoms with E-state index in [9.17, 15) is 9.59 Å². The fraction of sp³-hybridized carbons (Fsp3) is 0.235. The van der Waals surface area contributed by atoms with Gasteiger partial charge in [-0.25, -0.2) is 9.78 Å². The van der Waals surface area contributed by atoms with Crippen LogP contribution >= 0.6 is 0 Å². The van der Waals surface area contributed by atoms with Gasteiger partial charge in [0.1, 0.15) is 11.8 Å². The molecule has 1 aromatic heterocycles. The average molecular weight is 370 g/mol. The van der Waals surface area contributed by atoms with Crippen LogP contribution in [-0.2, 0) is 9.53 Å². The molecule has 2 aromatic rings. The van der Waals surface area contributed by atoms with E-state index in [0.717, 1.165) is 0 Å². The highest BCUT2D eigenvalue weighted by Gasteiger charge is 2.17. The van der Waals surface area contributed by atoms with Gasteiger partial charge in [-0.3, -0.25) is 10.2 Å². The first-order valence-electron chi connectivity index (χ1n) is 8.07. The lowest BCUT2D eigenvalue weighted by Crippen LogP contribution is -2.22. The van der Waals surface area contributed by atoms with Gasteiger partial charge in [0, 0.05) is 5.69 Å². The van der Waals surface area contributed by atoms with E-state index in [0.29, 0.717) is 18.0 Å². The Morgan fingerprint density at radius 2 is 2.00 bits per heavy atom. The number of nitrogens with zero attached hydrogens (tertiary/aromatic N) is 3. The van der Waals surface area contributed by atoms with Crippen molar-refractivity contribution in [3.63, 3.8) is 0 Å². The Labute approximate surface area is 155 Å². The summed E-state index contributed by atoms with van der Waals surface area (Å²) in [5.41, 5.74) is 2.48. The van der Waals surface area contributed by atoms with E-state index in [4.69, 9.17) is 14.7 Å². The number of rotatable bonds is 8. The normalized spacial score (nSPS) is 10.6. The zero-order valence-corrected chi connectivity index (χ0v) is 14.8. The molecule has 0 aliphatic carbocycles. The minimum atomic E-state index is -0.720. The number of nitriles is 1. The summed E-state index contributed by atoms with van der Waals surface area (Å²) >= 11 is 0. The number of nitrogens with one attached hydrogen (secondary N) is 3. The molecule has 0 aliphatic heterocycles. The van der Waals surface area contributed by atoms with Gasteiger partial charge in [-0.15, -0.1) is 0 Å². The van der Waals surface area contributed by atoms with Crippen LogP contribution < -0.4 is 15.5 Å². The fourth-order valence-corrected chi connectivity index (χ4v) is 1.96. The molecule has 0 saturated heterocycles. The van der Waals surface area contributed by atoms with E-state index in [1.54, 1.807) is 37.3 Å². The molecule has 0 radical (unpaired) electrons. The molecule has 140 valence electrons. The molecule has 0 bridgehead atoms. The van der Waals surface area contributed by atoms with Crippen molar-refractivity contribution in [2.24, 2.45) is 5.10 Å². The van der Waals surface area contributed by atoms with Crippen LogP contribution in [0.25, 0.3) is 0 Å². The second kappa shape index (κ2) is 9.57. The van der Waals surface area contributed by atoms with Crippen LogP contribution in [-0.4, -0.2) is 40.8 Å². The highest BCUT2D eigenvalue weighted by molar-refractivity contribution is 6.48. The van der Waals surface area contributed by atoms with Crippen LogP contribution in [0.2, 0.25) is 0 Å². The van der Waals surface area contributed by atoms with Gasteiger partial charge in [-0.2, -0.15) is 10.4 Å². The highest BCUT2D eigenvalue weighted by atomic mass is 16.5. The van der Waals surface area contributed by atoms with Crippen molar-refractivity contribution >= 4 is 29.1 Å². The van der Waals surface area contributed by atoms with Gasteiger partial charge >= 0.3 is 5.97 Å². The number of hydrazone groups is 1. The minimum Gasteiger partial charge on any atom is -0.494 e. The molecule has 0 fully saturated rings. The van der Waals surface area contributed by atoms with Gasteiger partial charge in [-0.1, -0.05) is 0 Å². The predicted molar refractivity (Wildman–Crippen MR) is 97.5 cm³/mol. The lowest BCUT2D eigenvalue weighted by Gasteiger charge is -2.06. The van der Waals surface area contributed by atoms with Gasteiger partial charge in [-0.05, 0) is 38.1 Å². The summed E-state index contributed by atoms with van der Waals surface area (Å²) < 4.78 is 10.2. The number of aromatic nitrogens is 2. The number of anilines is 2. The summed E-state index contributed by atoms with van der Waals surface area (Å²) in [5.74, 6) is -0.654. The first kappa shape index (κ1) is 19.5. The maximum Gasteiger partial charge on any atom is 0.358 e. The third-order valence-electron chi connectivity index (χ3n) is 3.14. The third kappa shape index (κ3) is 5.30. The van der Waals surface area contributed by atoms with Crippen molar-refractivity contribution in [2.45, 2.75) is 13.8 Å². The number of imidazole rings is 1. The number of hydrogen-bond donors (Lipinski definition) is 3. The van der Waals surface area contributed by atoms with Gasteiger partial charge in [0.25, 0.3) is 5.91 Å². The summed E-state index contributed by atoms with van der Waals surface area (Å²) in [5, 5.41) is 15.4. The average Bonchev–Trinajstić information content (AvgIpc) is 3.13. The van der Waals surface area contributed by atoms with Crippen LogP contribution in [0, 0.1) is 11.3 Å². The third-order valence-corrected chi connectivity index (χ3v) is 3.14. The zero-order chi connectivity index (χ0) is 19.6. The Kier molecular flexibility index (Phi) is 6.90. The molecule has 0 spiro atoms. The Hall–Kier alpha value is -3.87. The maximum absolute atomic E-state index is 12.2. The topological polar surface area (TPSA) is 141 Å². The van der Waals surface area contributed by atoms with Gasteiger partial charge in [0.2, 0.25) is 5.71 Å². The van der Waals surface area contributed by atoms with Crippen molar-refractivity contribution < 1.29 is 19.1 Å². The summed E-state index contributed by atoms with van der Waals surface area (Å²) in [6.45, 7) is 4.25. The first-order valence-corrected chi connectivity index (χ1v) is 8.07. The molecule has 10 heteroatoms. The van der Waals surface area contributed by atoms with Crippen LogP contribution in [0.4, 0.5) is 11.5 Å². The second-order valence-corrected chi connectivity index (χ2v) is 4.94. The number of aromatic amines is 1. The lowest BCUT2D eigenvalue weighted by molar-refractivity contribution is -0.110. The molecule has 1 heterocycles.